The van der Waals surface area contributed by atoms with Gasteiger partial charge in [0, 0.05) is 21.1 Å². The van der Waals surface area contributed by atoms with Crippen LogP contribution >= 0.6 is 0 Å². The first-order valence-corrected chi connectivity index (χ1v) is 4.23. The summed E-state index contributed by atoms with van der Waals surface area (Å²) in [5.41, 5.74) is -0.933. The second kappa shape index (κ2) is 2.78. The van der Waals surface area contributed by atoms with Crippen molar-refractivity contribution in [3.63, 3.8) is 0 Å². The van der Waals surface area contributed by atoms with Gasteiger partial charge in [-0.2, -0.15) is 9.37 Å². The highest BCUT2D eigenvalue weighted by molar-refractivity contribution is 5.69. The fraction of sp³-hybridized carbons (Fsp3) is 0.375. The lowest BCUT2D eigenvalue weighted by molar-refractivity contribution is 0.506. The molecule has 0 N–H and O–H groups in total. The number of rotatable bonds is 0. The van der Waals surface area contributed by atoms with Gasteiger partial charge in [-0.3, -0.25) is 18.5 Å². The Morgan fingerprint density at radius 1 is 1.07 bits per heavy atom. The van der Waals surface area contributed by atoms with E-state index in [2.05, 4.69) is 4.98 Å². The zero-order valence-electron chi connectivity index (χ0n) is 8.48. The van der Waals surface area contributed by atoms with E-state index in [1.165, 1.54) is 21.1 Å². The molecule has 0 aromatic carbocycles. The Kier molecular flexibility index (Phi) is 1.79. The van der Waals surface area contributed by atoms with Crippen LogP contribution in [0.2, 0.25) is 0 Å². The smallest absolute Gasteiger partial charge is 0.297 e. The van der Waals surface area contributed by atoms with Gasteiger partial charge in [0.05, 0.1) is 0 Å². The summed E-state index contributed by atoms with van der Waals surface area (Å²) in [5, 5.41) is 0. The molecule has 2 rings (SSSR count). The first kappa shape index (κ1) is 9.63. The van der Waals surface area contributed by atoms with E-state index in [-0.39, 0.29) is 11.2 Å². The Morgan fingerprint density at radius 2 is 1.67 bits per heavy atom. The van der Waals surface area contributed by atoms with Gasteiger partial charge in [0.25, 0.3) is 11.6 Å². The molecule has 7 heteroatoms. The molecule has 2 aromatic heterocycles. The van der Waals surface area contributed by atoms with Crippen molar-refractivity contribution in [2.75, 3.05) is 0 Å². The first-order chi connectivity index (χ1) is 6.95. The van der Waals surface area contributed by atoms with E-state index in [9.17, 15) is 14.0 Å². The molecule has 2 aromatic rings. The maximum atomic E-state index is 13.1. The average Bonchev–Trinajstić information content (AvgIpc) is 2.50. The zero-order valence-corrected chi connectivity index (χ0v) is 8.48. The zero-order chi connectivity index (χ0) is 11.3. The molecule has 0 fully saturated rings. The maximum absolute atomic E-state index is 13.1. The minimum Gasteiger partial charge on any atom is -0.297 e. The van der Waals surface area contributed by atoms with E-state index in [1.54, 1.807) is 0 Å². The van der Waals surface area contributed by atoms with Crippen LogP contribution in [0.25, 0.3) is 11.2 Å². The lowest BCUT2D eigenvalue weighted by Gasteiger charge is -2.02. The number of halogens is 1. The fourth-order valence-electron chi connectivity index (χ4n) is 1.49. The van der Waals surface area contributed by atoms with Crippen molar-refractivity contribution in [2.24, 2.45) is 21.1 Å². The normalized spacial score (nSPS) is 11.2. The van der Waals surface area contributed by atoms with Crippen molar-refractivity contribution in [1.29, 1.82) is 0 Å². The number of fused-ring (bicyclic) bond motifs is 1. The highest BCUT2D eigenvalue weighted by Gasteiger charge is 2.16. The molecule has 0 aliphatic carbocycles. The second-order valence-corrected chi connectivity index (χ2v) is 3.32. The van der Waals surface area contributed by atoms with Gasteiger partial charge < -0.3 is 0 Å². The van der Waals surface area contributed by atoms with Crippen LogP contribution in [0.4, 0.5) is 4.39 Å². The number of imidazole rings is 1. The standard InChI is InChI=1S/C8H9FN4O2/c1-11-4-5(10-7(11)9)12(2)8(15)13(3)6(4)14/h1-3H3. The summed E-state index contributed by atoms with van der Waals surface area (Å²) in [6, 6.07) is 0. The Labute approximate surface area is 83.2 Å². The molecule has 6 nitrogen and oxygen atoms in total. The summed E-state index contributed by atoms with van der Waals surface area (Å²) in [7, 11) is 4.17. The number of aryl methyl sites for hydroxylation is 2. The van der Waals surface area contributed by atoms with Crippen LogP contribution in [0.1, 0.15) is 0 Å². The molecular weight excluding hydrogens is 203 g/mol. The third kappa shape index (κ3) is 1.06. The molecule has 0 saturated heterocycles. The molecule has 0 atom stereocenters. The first-order valence-electron chi connectivity index (χ1n) is 4.23. The highest BCUT2D eigenvalue weighted by atomic mass is 19.1. The van der Waals surface area contributed by atoms with Crippen LogP contribution in [-0.2, 0) is 21.1 Å². The Hall–Kier alpha value is -1.92. The van der Waals surface area contributed by atoms with Crippen molar-refractivity contribution in [2.45, 2.75) is 0 Å². The van der Waals surface area contributed by atoms with E-state index in [1.807, 2.05) is 0 Å². The summed E-state index contributed by atoms with van der Waals surface area (Å²) < 4.78 is 16.2. The van der Waals surface area contributed by atoms with Crippen molar-refractivity contribution in [1.82, 2.24) is 18.7 Å². The molecule has 0 aliphatic heterocycles. The van der Waals surface area contributed by atoms with Crippen molar-refractivity contribution in [3.05, 3.63) is 26.9 Å². The van der Waals surface area contributed by atoms with Gasteiger partial charge in [-0.1, -0.05) is 0 Å². The third-order valence-electron chi connectivity index (χ3n) is 2.42. The van der Waals surface area contributed by atoms with Crippen molar-refractivity contribution < 1.29 is 4.39 Å². The van der Waals surface area contributed by atoms with Crippen LogP contribution < -0.4 is 11.2 Å². The number of aromatic nitrogens is 4. The molecule has 80 valence electrons. The molecule has 0 bridgehead atoms. The third-order valence-corrected chi connectivity index (χ3v) is 2.42. The van der Waals surface area contributed by atoms with Crippen LogP contribution in [0.15, 0.2) is 9.59 Å². The largest absolute Gasteiger partial charge is 0.332 e. The SMILES string of the molecule is Cn1c(=O)c2c(nc(F)n2C)n(C)c1=O. The van der Waals surface area contributed by atoms with Crippen LogP contribution in [-0.4, -0.2) is 18.7 Å². The van der Waals surface area contributed by atoms with Crippen molar-refractivity contribution >= 4 is 11.2 Å². The van der Waals surface area contributed by atoms with Gasteiger partial charge in [0.15, 0.2) is 11.2 Å². The predicted octanol–water partition coefficient (Wildman–Crippen LogP) is -0.890. The van der Waals surface area contributed by atoms with Crippen LogP contribution in [0, 0.1) is 6.08 Å². The predicted molar refractivity (Wildman–Crippen MR) is 51.2 cm³/mol. The van der Waals surface area contributed by atoms with Crippen LogP contribution in [0.5, 0.6) is 0 Å². The molecule has 15 heavy (non-hydrogen) atoms. The summed E-state index contributed by atoms with van der Waals surface area (Å²) in [4.78, 5) is 26.7. The molecule has 0 spiro atoms. The number of hydrogen-bond acceptors (Lipinski definition) is 3. The minimum absolute atomic E-state index is 0.0584. The lowest BCUT2D eigenvalue weighted by Crippen LogP contribution is -2.37. The summed E-state index contributed by atoms with van der Waals surface area (Å²) in [5.74, 6) is 0. The fourth-order valence-corrected chi connectivity index (χ4v) is 1.49. The molecule has 2 heterocycles. The Morgan fingerprint density at radius 3 is 2.27 bits per heavy atom. The summed E-state index contributed by atoms with van der Waals surface area (Å²) in [6.45, 7) is 0. The summed E-state index contributed by atoms with van der Waals surface area (Å²) in [6.07, 6.45) is -0.789. The minimum atomic E-state index is -0.789. The average molecular weight is 212 g/mol. The van der Waals surface area contributed by atoms with E-state index in [0.717, 1.165) is 13.7 Å². The molecule has 0 amide bonds. The van der Waals surface area contributed by atoms with E-state index in [4.69, 9.17) is 0 Å². The highest BCUT2D eigenvalue weighted by Crippen LogP contribution is 2.06. The van der Waals surface area contributed by atoms with Gasteiger partial charge in [-0.15, -0.1) is 0 Å². The molecule has 0 unspecified atom stereocenters. The summed E-state index contributed by atoms with van der Waals surface area (Å²) >= 11 is 0. The lowest BCUT2D eigenvalue weighted by atomic mass is 10.5. The monoisotopic (exact) mass is 212 g/mol. The Bertz CT molecular complexity index is 664. The van der Waals surface area contributed by atoms with Gasteiger partial charge >= 0.3 is 5.69 Å². The number of nitrogens with zero attached hydrogens (tertiary/aromatic N) is 4. The van der Waals surface area contributed by atoms with E-state index >= 15 is 0 Å². The molecule has 0 radical (unpaired) electrons. The maximum Gasteiger partial charge on any atom is 0.332 e. The van der Waals surface area contributed by atoms with E-state index in [0.29, 0.717) is 0 Å². The Balaban J connectivity index is 3.23. The molecular formula is C8H9FN4O2. The van der Waals surface area contributed by atoms with Gasteiger partial charge in [-0.25, -0.2) is 4.79 Å². The number of hydrogen-bond donors (Lipinski definition) is 0. The molecule has 0 aliphatic rings. The van der Waals surface area contributed by atoms with Crippen LogP contribution in [0.3, 0.4) is 0 Å². The topological polar surface area (TPSA) is 61.8 Å². The molecule has 0 saturated carbocycles. The van der Waals surface area contributed by atoms with Gasteiger partial charge in [0.2, 0.25) is 0 Å². The van der Waals surface area contributed by atoms with Gasteiger partial charge in [0.1, 0.15) is 0 Å². The van der Waals surface area contributed by atoms with E-state index < -0.39 is 17.3 Å². The van der Waals surface area contributed by atoms with Crippen molar-refractivity contribution in [3.8, 4) is 0 Å². The quantitative estimate of drug-likeness (QED) is 0.532. The second-order valence-electron chi connectivity index (χ2n) is 3.32. The van der Waals surface area contributed by atoms with Gasteiger partial charge in [-0.05, 0) is 0 Å².